The zero-order valence-electron chi connectivity index (χ0n) is 14.1. The van der Waals surface area contributed by atoms with Crippen molar-refractivity contribution in [3.63, 3.8) is 0 Å². The van der Waals surface area contributed by atoms with Crippen molar-refractivity contribution in [1.29, 1.82) is 0 Å². The normalized spacial score (nSPS) is 11.5. The Bertz CT molecular complexity index is 1130. The minimum atomic E-state index is -0.411. The van der Waals surface area contributed by atoms with Crippen LogP contribution in [0.4, 0.5) is 11.4 Å². The predicted octanol–water partition coefficient (Wildman–Crippen LogP) is 4.74. The minimum absolute atomic E-state index is 0.0560. The molecule has 0 unspecified atom stereocenters. The van der Waals surface area contributed by atoms with Crippen LogP contribution in [0.2, 0.25) is 0 Å². The first kappa shape index (κ1) is 16.9. The lowest BCUT2D eigenvalue weighted by Gasteiger charge is -2.00. The van der Waals surface area contributed by atoms with Crippen molar-refractivity contribution in [2.75, 3.05) is 0 Å². The van der Waals surface area contributed by atoms with E-state index >= 15 is 0 Å². The van der Waals surface area contributed by atoms with Crippen molar-refractivity contribution in [1.82, 2.24) is 9.78 Å². The molecule has 0 saturated heterocycles. The summed E-state index contributed by atoms with van der Waals surface area (Å²) in [6.45, 7) is 0. The predicted molar refractivity (Wildman–Crippen MR) is 105 cm³/mol. The number of non-ortho nitro benzene ring substituents is 1. The van der Waals surface area contributed by atoms with E-state index in [-0.39, 0.29) is 5.69 Å². The van der Waals surface area contributed by atoms with Gasteiger partial charge in [-0.25, -0.2) is 9.67 Å². The molecule has 0 fully saturated rings. The lowest BCUT2D eigenvalue weighted by molar-refractivity contribution is -0.384. The molecule has 0 aliphatic heterocycles. The molecule has 0 amide bonds. The zero-order valence-corrected chi connectivity index (χ0v) is 14.9. The van der Waals surface area contributed by atoms with Gasteiger partial charge in [-0.15, -0.1) is 0 Å². The summed E-state index contributed by atoms with van der Waals surface area (Å²) in [5.74, 6) is 0. The van der Waals surface area contributed by atoms with Crippen molar-refractivity contribution >= 4 is 22.7 Å². The summed E-state index contributed by atoms with van der Waals surface area (Å²) >= 11 is 1.43. The van der Waals surface area contributed by atoms with Crippen molar-refractivity contribution in [3.8, 4) is 16.3 Å². The molecule has 7 heteroatoms. The second kappa shape index (κ2) is 7.35. The van der Waals surface area contributed by atoms with Crippen LogP contribution in [0.5, 0.6) is 0 Å². The van der Waals surface area contributed by atoms with E-state index in [0.717, 1.165) is 26.7 Å². The number of nitro benzene ring substituents is 1. The monoisotopic (exact) mass is 374 g/mol. The SMILES string of the molecule is O=[N+]([O-])c1ccc(-c2nn(-c3ccccc3)c(=Nc3ccccc3)s2)cc1. The molecule has 4 aromatic rings. The quantitative estimate of drug-likeness (QED) is 0.382. The smallest absolute Gasteiger partial charge is 0.258 e. The molecule has 0 atom stereocenters. The summed E-state index contributed by atoms with van der Waals surface area (Å²) in [7, 11) is 0. The molecular formula is C20H14N4O2S. The summed E-state index contributed by atoms with van der Waals surface area (Å²) in [6, 6.07) is 25.8. The van der Waals surface area contributed by atoms with Crippen molar-refractivity contribution in [2.24, 2.45) is 4.99 Å². The number of nitro groups is 1. The highest BCUT2D eigenvalue weighted by molar-refractivity contribution is 7.12. The Kier molecular flexibility index (Phi) is 4.59. The van der Waals surface area contributed by atoms with Crippen LogP contribution in [-0.2, 0) is 0 Å². The summed E-state index contributed by atoms with van der Waals surface area (Å²) in [4.78, 5) is 15.9. The van der Waals surface area contributed by atoms with Gasteiger partial charge in [-0.05, 0) is 36.4 Å². The van der Waals surface area contributed by atoms with Crippen LogP contribution in [0, 0.1) is 10.1 Å². The number of hydrogen-bond acceptors (Lipinski definition) is 5. The van der Waals surface area contributed by atoms with Gasteiger partial charge in [0, 0.05) is 17.7 Å². The van der Waals surface area contributed by atoms with Crippen molar-refractivity contribution in [2.45, 2.75) is 0 Å². The van der Waals surface area contributed by atoms with Gasteiger partial charge in [0.2, 0.25) is 4.80 Å². The molecule has 0 radical (unpaired) electrons. The van der Waals surface area contributed by atoms with E-state index in [2.05, 4.69) is 0 Å². The maximum atomic E-state index is 10.9. The summed E-state index contributed by atoms with van der Waals surface area (Å²) in [6.07, 6.45) is 0. The van der Waals surface area contributed by atoms with Crippen LogP contribution in [0.15, 0.2) is 89.9 Å². The highest BCUT2D eigenvalue weighted by Crippen LogP contribution is 2.24. The van der Waals surface area contributed by atoms with Gasteiger partial charge in [0.25, 0.3) is 5.69 Å². The van der Waals surface area contributed by atoms with Gasteiger partial charge < -0.3 is 0 Å². The van der Waals surface area contributed by atoms with Crippen LogP contribution in [0.1, 0.15) is 0 Å². The van der Waals surface area contributed by atoms with E-state index in [1.54, 1.807) is 16.8 Å². The molecule has 4 rings (SSSR count). The summed E-state index contributed by atoms with van der Waals surface area (Å²) < 4.78 is 1.79. The fraction of sp³-hybridized carbons (Fsp3) is 0. The van der Waals surface area contributed by atoms with Gasteiger partial charge in [0.15, 0.2) is 0 Å². The third-order valence-electron chi connectivity index (χ3n) is 3.87. The number of benzene rings is 3. The van der Waals surface area contributed by atoms with Crippen LogP contribution >= 0.6 is 11.3 Å². The second-order valence-electron chi connectivity index (χ2n) is 5.69. The van der Waals surface area contributed by atoms with Crippen LogP contribution in [0.25, 0.3) is 16.3 Å². The highest BCUT2D eigenvalue weighted by atomic mass is 32.1. The number of rotatable bonds is 4. The summed E-state index contributed by atoms with van der Waals surface area (Å²) in [5.41, 5.74) is 2.60. The van der Waals surface area contributed by atoms with Gasteiger partial charge in [-0.2, -0.15) is 5.10 Å². The third kappa shape index (κ3) is 3.68. The Morgan fingerprint density at radius 2 is 1.52 bits per heavy atom. The number of para-hydroxylation sites is 2. The maximum absolute atomic E-state index is 10.9. The molecule has 1 aromatic heterocycles. The largest absolute Gasteiger partial charge is 0.269 e. The second-order valence-corrected chi connectivity index (χ2v) is 6.64. The van der Waals surface area contributed by atoms with E-state index in [1.165, 1.54) is 23.5 Å². The lowest BCUT2D eigenvalue weighted by Crippen LogP contribution is -2.13. The Hall–Kier alpha value is -3.58. The Balaban J connectivity index is 1.85. The molecule has 27 heavy (non-hydrogen) atoms. The molecule has 132 valence electrons. The van der Waals surface area contributed by atoms with Gasteiger partial charge >= 0.3 is 0 Å². The van der Waals surface area contributed by atoms with Crippen LogP contribution < -0.4 is 4.80 Å². The van der Waals surface area contributed by atoms with Crippen LogP contribution in [-0.4, -0.2) is 14.7 Å². The standard InChI is InChI=1S/C20H14N4O2S/c25-24(26)18-13-11-15(12-14-18)19-22-23(17-9-5-2-6-10-17)20(27-19)21-16-7-3-1-4-8-16/h1-14H. The van der Waals surface area contributed by atoms with Gasteiger partial charge in [0.05, 0.1) is 16.3 Å². The van der Waals surface area contributed by atoms with Crippen molar-refractivity contribution < 1.29 is 4.92 Å². The Morgan fingerprint density at radius 3 is 2.15 bits per heavy atom. The van der Waals surface area contributed by atoms with E-state index < -0.39 is 4.92 Å². The third-order valence-corrected chi connectivity index (χ3v) is 4.82. The summed E-state index contributed by atoms with van der Waals surface area (Å²) in [5, 5.41) is 16.3. The first-order valence-electron chi connectivity index (χ1n) is 8.21. The lowest BCUT2D eigenvalue weighted by atomic mass is 10.2. The fourth-order valence-electron chi connectivity index (χ4n) is 2.55. The van der Waals surface area contributed by atoms with Crippen molar-refractivity contribution in [3.05, 3.63) is 99.8 Å². The molecule has 1 heterocycles. The Morgan fingerprint density at radius 1 is 0.889 bits per heavy atom. The average molecular weight is 374 g/mol. The number of nitrogens with zero attached hydrogens (tertiary/aromatic N) is 4. The molecule has 0 N–H and O–H groups in total. The molecule has 3 aromatic carbocycles. The van der Waals surface area contributed by atoms with E-state index in [4.69, 9.17) is 10.1 Å². The van der Waals surface area contributed by atoms with Gasteiger partial charge in [-0.1, -0.05) is 47.7 Å². The van der Waals surface area contributed by atoms with Gasteiger partial charge in [0.1, 0.15) is 5.01 Å². The number of hydrogen-bond donors (Lipinski definition) is 0. The highest BCUT2D eigenvalue weighted by Gasteiger charge is 2.11. The Labute approximate surface area is 158 Å². The topological polar surface area (TPSA) is 73.3 Å². The molecule has 6 nitrogen and oxygen atoms in total. The fourth-order valence-corrected chi connectivity index (χ4v) is 3.48. The zero-order chi connectivity index (χ0) is 18.6. The minimum Gasteiger partial charge on any atom is -0.258 e. The molecule has 0 aliphatic carbocycles. The van der Waals surface area contributed by atoms with E-state index in [1.807, 2.05) is 60.7 Å². The van der Waals surface area contributed by atoms with Crippen LogP contribution in [0.3, 0.4) is 0 Å². The molecule has 0 spiro atoms. The molecular weight excluding hydrogens is 360 g/mol. The molecule has 0 aliphatic rings. The van der Waals surface area contributed by atoms with Gasteiger partial charge in [-0.3, -0.25) is 10.1 Å². The first-order chi connectivity index (χ1) is 13.2. The number of aromatic nitrogens is 2. The van der Waals surface area contributed by atoms with E-state index in [9.17, 15) is 10.1 Å². The van der Waals surface area contributed by atoms with E-state index in [0.29, 0.717) is 0 Å². The molecule has 0 bridgehead atoms. The first-order valence-corrected chi connectivity index (χ1v) is 9.02. The molecule has 0 saturated carbocycles. The maximum Gasteiger partial charge on any atom is 0.269 e. The average Bonchev–Trinajstić information content (AvgIpc) is 3.13.